The molecule has 0 bridgehead atoms. The highest BCUT2D eigenvalue weighted by Gasteiger charge is 2.32. The van der Waals surface area contributed by atoms with Gasteiger partial charge in [-0.3, -0.25) is 9.59 Å². The van der Waals surface area contributed by atoms with Gasteiger partial charge in [0.15, 0.2) is 0 Å². The number of pyridine rings is 1. The minimum atomic E-state index is -0.553. The van der Waals surface area contributed by atoms with E-state index in [-0.39, 0.29) is 29.5 Å². The molecule has 7 heteroatoms. The van der Waals surface area contributed by atoms with Gasteiger partial charge in [-0.1, -0.05) is 24.3 Å². The van der Waals surface area contributed by atoms with Crippen molar-refractivity contribution in [3.8, 4) is 17.0 Å². The number of primary amides is 1. The molecule has 1 aliphatic carbocycles. The predicted octanol–water partition coefficient (Wildman–Crippen LogP) is 4.94. The second-order valence-electron chi connectivity index (χ2n) is 8.71. The van der Waals surface area contributed by atoms with Crippen LogP contribution < -0.4 is 15.8 Å². The molecule has 1 aromatic heterocycles. The molecule has 6 nitrogen and oxygen atoms in total. The second kappa shape index (κ2) is 10.7. The van der Waals surface area contributed by atoms with Gasteiger partial charge >= 0.3 is 0 Å². The Morgan fingerprint density at radius 3 is 2.59 bits per heavy atom. The number of nitrogens with two attached hydrogens (primary N) is 1. The van der Waals surface area contributed by atoms with Crippen LogP contribution in [0.15, 0.2) is 71.8 Å². The Morgan fingerprint density at radius 1 is 1.12 bits per heavy atom. The molecule has 1 saturated carbocycles. The van der Waals surface area contributed by atoms with Crippen molar-refractivity contribution in [1.82, 2.24) is 10.3 Å². The number of ether oxygens (including phenoxy) is 1. The van der Waals surface area contributed by atoms with Gasteiger partial charge in [-0.25, -0.2) is 4.98 Å². The lowest BCUT2D eigenvalue weighted by Gasteiger charge is -2.37. The summed E-state index contributed by atoms with van der Waals surface area (Å²) in [6.45, 7) is 1.96. The number of amides is 2. The smallest absolute Gasteiger partial charge is 0.254 e. The third kappa shape index (κ3) is 5.78. The number of aromatic nitrogens is 1. The Kier molecular flexibility index (Phi) is 7.53. The zero-order chi connectivity index (χ0) is 24.1. The van der Waals surface area contributed by atoms with E-state index in [1.807, 2.05) is 37.3 Å². The Bertz CT molecular complexity index is 1180. The van der Waals surface area contributed by atoms with Gasteiger partial charge in [0.2, 0.25) is 5.88 Å². The summed E-state index contributed by atoms with van der Waals surface area (Å²) < 4.78 is 5.87. The fraction of sp³-hybridized carbons (Fsp3) is 0.296. The van der Waals surface area contributed by atoms with Gasteiger partial charge in [-0.2, -0.15) is 0 Å². The highest BCUT2D eigenvalue weighted by Crippen LogP contribution is 2.33. The molecule has 0 spiro atoms. The summed E-state index contributed by atoms with van der Waals surface area (Å²) in [5, 5.41) is 3.15. The Labute approximate surface area is 204 Å². The number of hydrogen-bond acceptors (Lipinski definition) is 5. The molecule has 176 valence electrons. The zero-order valence-corrected chi connectivity index (χ0v) is 20.2. The first-order valence-electron chi connectivity index (χ1n) is 11.4. The molecule has 3 N–H and O–H groups in total. The molecular formula is C27H29N3O3S. The van der Waals surface area contributed by atoms with E-state index >= 15 is 0 Å². The lowest BCUT2D eigenvalue weighted by atomic mass is 9.77. The summed E-state index contributed by atoms with van der Waals surface area (Å²) in [6, 6.07) is 19.5. The molecule has 3 aromatic rings. The van der Waals surface area contributed by atoms with Crippen LogP contribution in [-0.2, 0) is 0 Å². The highest BCUT2D eigenvalue weighted by atomic mass is 32.2. The first-order chi connectivity index (χ1) is 16.4. The third-order valence-corrected chi connectivity index (χ3v) is 6.84. The summed E-state index contributed by atoms with van der Waals surface area (Å²) in [6.07, 6.45) is 6.15. The van der Waals surface area contributed by atoms with E-state index in [0.717, 1.165) is 30.4 Å². The van der Waals surface area contributed by atoms with Crippen LogP contribution in [0.1, 0.15) is 46.9 Å². The summed E-state index contributed by atoms with van der Waals surface area (Å²) in [7, 11) is 0. The Hall–Kier alpha value is -3.32. The molecule has 1 atom stereocenters. The molecule has 1 fully saturated rings. The van der Waals surface area contributed by atoms with Crippen LogP contribution in [0.25, 0.3) is 11.1 Å². The van der Waals surface area contributed by atoms with Gasteiger partial charge in [0.05, 0.1) is 6.10 Å². The van der Waals surface area contributed by atoms with Crippen molar-refractivity contribution in [2.45, 2.75) is 43.2 Å². The first kappa shape index (κ1) is 23.8. The number of nitrogens with zero attached hydrogens (tertiary/aromatic N) is 1. The average Bonchev–Trinajstić information content (AvgIpc) is 2.83. The fourth-order valence-electron chi connectivity index (χ4n) is 4.34. The zero-order valence-electron chi connectivity index (χ0n) is 19.4. The molecule has 1 heterocycles. The van der Waals surface area contributed by atoms with Crippen molar-refractivity contribution in [3.05, 3.63) is 78.0 Å². The van der Waals surface area contributed by atoms with Gasteiger partial charge in [0.25, 0.3) is 11.8 Å². The number of hydrogen-bond donors (Lipinski definition) is 2. The van der Waals surface area contributed by atoms with Crippen molar-refractivity contribution < 1.29 is 14.3 Å². The molecule has 0 aliphatic heterocycles. The number of rotatable bonds is 9. The molecule has 0 unspecified atom stereocenters. The summed E-state index contributed by atoms with van der Waals surface area (Å²) >= 11 is 1.70. The van der Waals surface area contributed by atoms with Gasteiger partial charge in [0, 0.05) is 22.7 Å². The minimum Gasteiger partial charge on any atom is -0.474 e. The fourth-order valence-corrected chi connectivity index (χ4v) is 4.80. The maximum atomic E-state index is 12.8. The van der Waals surface area contributed by atoms with Crippen molar-refractivity contribution in [3.63, 3.8) is 0 Å². The number of thioether (sulfide) groups is 1. The summed E-state index contributed by atoms with van der Waals surface area (Å²) in [4.78, 5) is 29.7. The number of carbonyl (C=O) groups is 2. The maximum absolute atomic E-state index is 12.8. The van der Waals surface area contributed by atoms with Crippen LogP contribution in [0.4, 0.5) is 0 Å². The number of nitrogens with one attached hydrogen (secondary N) is 1. The van der Waals surface area contributed by atoms with Crippen molar-refractivity contribution in [1.29, 1.82) is 0 Å². The molecular weight excluding hydrogens is 446 g/mol. The third-order valence-electron chi connectivity index (χ3n) is 6.11. The lowest BCUT2D eigenvalue weighted by Crippen LogP contribution is -2.45. The monoisotopic (exact) mass is 475 g/mol. The Morgan fingerprint density at radius 2 is 1.85 bits per heavy atom. The molecule has 2 aromatic carbocycles. The quantitative estimate of drug-likeness (QED) is 0.428. The molecule has 0 radical (unpaired) electrons. The largest absolute Gasteiger partial charge is 0.474 e. The van der Waals surface area contributed by atoms with Crippen LogP contribution >= 0.6 is 11.8 Å². The topological polar surface area (TPSA) is 94.3 Å². The average molecular weight is 476 g/mol. The lowest BCUT2D eigenvalue weighted by molar-refractivity contribution is 0.0847. The van der Waals surface area contributed by atoms with Crippen LogP contribution in [-0.4, -0.2) is 35.2 Å². The van der Waals surface area contributed by atoms with Crippen LogP contribution in [0.5, 0.6) is 5.88 Å². The van der Waals surface area contributed by atoms with E-state index < -0.39 is 5.91 Å². The molecule has 1 aliphatic rings. The van der Waals surface area contributed by atoms with Gasteiger partial charge in [-0.05, 0) is 85.9 Å². The normalized spacial score (nSPS) is 17.9. The van der Waals surface area contributed by atoms with E-state index in [1.165, 1.54) is 4.90 Å². The first-order valence-corrected chi connectivity index (χ1v) is 12.6. The highest BCUT2D eigenvalue weighted by molar-refractivity contribution is 7.98. The van der Waals surface area contributed by atoms with Gasteiger partial charge in [-0.15, -0.1) is 11.8 Å². The van der Waals surface area contributed by atoms with Crippen molar-refractivity contribution >= 4 is 23.6 Å². The van der Waals surface area contributed by atoms with E-state index in [4.69, 9.17) is 10.5 Å². The summed E-state index contributed by atoms with van der Waals surface area (Å²) in [5.41, 5.74) is 8.49. The van der Waals surface area contributed by atoms with Crippen molar-refractivity contribution in [2.75, 3.05) is 6.26 Å². The van der Waals surface area contributed by atoms with Crippen molar-refractivity contribution in [2.24, 2.45) is 11.7 Å². The number of carbonyl (C=O) groups excluding carboxylic acids is 2. The van der Waals surface area contributed by atoms with E-state index in [9.17, 15) is 9.59 Å². The second-order valence-corrected chi connectivity index (χ2v) is 9.58. The number of benzene rings is 2. The standard InChI is InChI=1S/C27H29N3O3S/c1-17(33-27-24(25(28)31)10-5-11-29-27)12-18-13-22(14-18)30-26(32)21-8-3-6-19(15-21)20-7-4-9-23(16-20)34-2/h3-11,15-18,22H,12-14H2,1-2H3,(H2,28,31)(H,30,32)/t17-,18?,22?/m0/s1. The van der Waals surface area contributed by atoms with Gasteiger partial charge < -0.3 is 15.8 Å². The SMILES string of the molecule is CSc1cccc(-c2cccc(C(=O)NC3CC(C[C@H](C)Oc4ncccc4C(N)=O)C3)c2)c1. The van der Waals surface area contributed by atoms with Crippen LogP contribution in [0.3, 0.4) is 0 Å². The molecule has 2 amide bonds. The minimum absolute atomic E-state index is 0.0461. The summed E-state index contributed by atoms with van der Waals surface area (Å²) in [5.74, 6) is 0.120. The van der Waals surface area contributed by atoms with Gasteiger partial charge in [0.1, 0.15) is 5.56 Å². The van der Waals surface area contributed by atoms with E-state index in [2.05, 4.69) is 34.8 Å². The molecule has 4 rings (SSSR count). The maximum Gasteiger partial charge on any atom is 0.254 e. The van der Waals surface area contributed by atoms with Crippen LogP contribution in [0, 0.1) is 5.92 Å². The molecule has 34 heavy (non-hydrogen) atoms. The van der Waals surface area contributed by atoms with Crippen LogP contribution in [0.2, 0.25) is 0 Å². The van der Waals surface area contributed by atoms with E-state index in [1.54, 1.807) is 30.1 Å². The molecule has 0 saturated heterocycles. The Balaban J connectivity index is 1.28. The predicted molar refractivity (Wildman–Crippen MR) is 135 cm³/mol. The van der Waals surface area contributed by atoms with E-state index in [0.29, 0.717) is 11.5 Å².